The number of hydrogen-bond donors (Lipinski definition) is 1. The molecule has 0 atom stereocenters. The normalized spacial score (nSPS) is 12.2. The van der Waals surface area contributed by atoms with E-state index in [0.29, 0.717) is 29.2 Å². The molecule has 5 rings (SSSR count). The Kier molecular flexibility index (Phi) is 5.97. The van der Waals surface area contributed by atoms with E-state index in [1.165, 1.54) is 6.07 Å². The van der Waals surface area contributed by atoms with Gasteiger partial charge < -0.3 is 5.32 Å². The molecule has 0 aliphatic heterocycles. The standard InChI is InChI=1S/C26H17F6N5O/c1-15-4-5-20(34-24(38)17-9-18(25(27,28)29)11-19(10-17)26(30,31)32)12-22(15)36-7-8-37-23(36)13-21(35-37)16-3-2-6-33-14-16/h2-14H,1H3,(H,34,38). The third-order valence-corrected chi connectivity index (χ3v) is 5.85. The van der Waals surface area contributed by atoms with E-state index in [0.717, 1.165) is 11.1 Å². The van der Waals surface area contributed by atoms with E-state index in [4.69, 9.17) is 0 Å². The van der Waals surface area contributed by atoms with Crippen molar-refractivity contribution in [3.63, 3.8) is 0 Å². The van der Waals surface area contributed by atoms with Crippen LogP contribution in [0.2, 0.25) is 0 Å². The van der Waals surface area contributed by atoms with E-state index < -0.39 is 35.0 Å². The van der Waals surface area contributed by atoms with Crippen molar-refractivity contribution < 1.29 is 31.1 Å². The molecule has 1 N–H and O–H groups in total. The van der Waals surface area contributed by atoms with Crippen LogP contribution < -0.4 is 5.32 Å². The molecule has 194 valence electrons. The van der Waals surface area contributed by atoms with Crippen LogP contribution in [0.5, 0.6) is 0 Å². The van der Waals surface area contributed by atoms with E-state index in [2.05, 4.69) is 15.4 Å². The van der Waals surface area contributed by atoms with Crippen LogP contribution in [-0.4, -0.2) is 25.1 Å². The summed E-state index contributed by atoms with van der Waals surface area (Å²) in [5.41, 5.74) is -0.143. The Morgan fingerprint density at radius 2 is 1.61 bits per heavy atom. The number of aromatic nitrogens is 4. The molecule has 5 aromatic rings. The highest BCUT2D eigenvalue weighted by Crippen LogP contribution is 2.36. The van der Waals surface area contributed by atoms with Crippen LogP contribution in [0.3, 0.4) is 0 Å². The molecular formula is C26H17F6N5O. The molecule has 0 radical (unpaired) electrons. The van der Waals surface area contributed by atoms with Crippen molar-refractivity contribution in [2.75, 3.05) is 5.32 Å². The monoisotopic (exact) mass is 529 g/mol. The summed E-state index contributed by atoms with van der Waals surface area (Å²) >= 11 is 0. The van der Waals surface area contributed by atoms with Crippen LogP contribution in [0.25, 0.3) is 22.6 Å². The highest BCUT2D eigenvalue weighted by Gasteiger charge is 2.37. The third kappa shape index (κ3) is 4.84. The molecule has 0 saturated carbocycles. The van der Waals surface area contributed by atoms with Gasteiger partial charge in [0, 0.05) is 47.7 Å². The average molecular weight is 529 g/mol. The van der Waals surface area contributed by atoms with Crippen molar-refractivity contribution in [2.24, 2.45) is 0 Å². The second-order valence-corrected chi connectivity index (χ2v) is 8.49. The van der Waals surface area contributed by atoms with Crippen LogP contribution in [0, 0.1) is 6.92 Å². The number of alkyl halides is 6. The van der Waals surface area contributed by atoms with E-state index >= 15 is 0 Å². The first kappa shape index (κ1) is 25.1. The van der Waals surface area contributed by atoms with Gasteiger partial charge in [-0.25, -0.2) is 4.52 Å². The number of nitrogens with one attached hydrogen (secondary N) is 1. The van der Waals surface area contributed by atoms with E-state index in [9.17, 15) is 31.1 Å². The van der Waals surface area contributed by atoms with E-state index in [1.807, 2.05) is 19.1 Å². The van der Waals surface area contributed by atoms with E-state index in [1.54, 1.807) is 52.1 Å². The van der Waals surface area contributed by atoms with Crippen LogP contribution in [-0.2, 0) is 12.4 Å². The van der Waals surface area contributed by atoms with Crippen molar-refractivity contribution in [1.29, 1.82) is 0 Å². The number of carbonyl (C=O) groups is 1. The third-order valence-electron chi connectivity index (χ3n) is 5.85. The summed E-state index contributed by atoms with van der Waals surface area (Å²) in [6.07, 6.45) is -3.34. The maximum absolute atomic E-state index is 13.2. The Bertz CT molecular complexity index is 1620. The zero-order valence-electron chi connectivity index (χ0n) is 19.5. The number of halogens is 6. The van der Waals surface area contributed by atoms with Gasteiger partial charge in [-0.05, 0) is 55.0 Å². The first-order valence-corrected chi connectivity index (χ1v) is 11.1. The number of anilines is 1. The Hall–Kier alpha value is -4.61. The van der Waals surface area contributed by atoms with Crippen molar-refractivity contribution in [3.8, 4) is 16.9 Å². The van der Waals surface area contributed by atoms with Gasteiger partial charge >= 0.3 is 12.4 Å². The van der Waals surface area contributed by atoms with Crippen LogP contribution in [0.15, 0.2) is 79.4 Å². The first-order chi connectivity index (χ1) is 17.9. The Morgan fingerprint density at radius 3 is 2.24 bits per heavy atom. The van der Waals surface area contributed by atoms with Gasteiger partial charge in [-0.2, -0.15) is 31.4 Å². The molecule has 0 bridgehead atoms. The summed E-state index contributed by atoms with van der Waals surface area (Å²) in [6.45, 7) is 1.82. The lowest BCUT2D eigenvalue weighted by Gasteiger charge is -2.15. The number of hydrogen-bond acceptors (Lipinski definition) is 3. The molecule has 1 amide bonds. The molecule has 0 fully saturated rings. The molecule has 3 aromatic heterocycles. The van der Waals surface area contributed by atoms with Gasteiger partial charge in [0.15, 0.2) is 0 Å². The molecule has 6 nitrogen and oxygen atoms in total. The zero-order valence-corrected chi connectivity index (χ0v) is 19.5. The molecule has 0 unspecified atom stereocenters. The van der Waals surface area contributed by atoms with Gasteiger partial charge in [0.05, 0.1) is 22.5 Å². The van der Waals surface area contributed by atoms with Crippen LogP contribution in [0.4, 0.5) is 32.0 Å². The lowest BCUT2D eigenvalue weighted by molar-refractivity contribution is -0.143. The quantitative estimate of drug-likeness (QED) is 0.261. The summed E-state index contributed by atoms with van der Waals surface area (Å²) in [4.78, 5) is 16.8. The molecule has 3 heterocycles. The van der Waals surface area contributed by atoms with Crippen molar-refractivity contribution in [1.82, 2.24) is 19.2 Å². The van der Waals surface area contributed by atoms with Gasteiger partial charge in [-0.1, -0.05) is 6.07 Å². The molecule has 0 aliphatic rings. The minimum absolute atomic E-state index is 0.0244. The van der Waals surface area contributed by atoms with Crippen molar-refractivity contribution >= 4 is 17.2 Å². The van der Waals surface area contributed by atoms with Crippen LogP contribution in [0.1, 0.15) is 27.0 Å². The number of imidazole rings is 1. The van der Waals surface area contributed by atoms with Crippen molar-refractivity contribution in [3.05, 3.63) is 102 Å². The Labute approximate surface area is 211 Å². The van der Waals surface area contributed by atoms with Gasteiger partial charge in [0.1, 0.15) is 5.65 Å². The number of fused-ring (bicyclic) bond motifs is 1. The second-order valence-electron chi connectivity index (χ2n) is 8.49. The molecule has 38 heavy (non-hydrogen) atoms. The molecular weight excluding hydrogens is 512 g/mol. The van der Waals surface area contributed by atoms with Gasteiger partial charge in [-0.15, -0.1) is 0 Å². The fourth-order valence-corrected chi connectivity index (χ4v) is 3.98. The number of amides is 1. The lowest BCUT2D eigenvalue weighted by Crippen LogP contribution is -2.17. The number of benzene rings is 2. The van der Waals surface area contributed by atoms with Gasteiger partial charge in [-0.3, -0.25) is 14.3 Å². The SMILES string of the molecule is Cc1ccc(NC(=O)c2cc(C(F)(F)F)cc(C(F)(F)F)c2)cc1-n1ccn2nc(-c3cccnc3)cc12. The van der Waals surface area contributed by atoms with Gasteiger partial charge in [0.2, 0.25) is 0 Å². The number of aryl methyl sites for hydroxylation is 1. The molecule has 0 aliphatic carbocycles. The Balaban J connectivity index is 1.49. The summed E-state index contributed by atoms with van der Waals surface area (Å²) in [7, 11) is 0. The number of carbonyl (C=O) groups excluding carboxylic acids is 1. The molecule has 2 aromatic carbocycles. The minimum Gasteiger partial charge on any atom is -0.322 e. The summed E-state index contributed by atoms with van der Waals surface area (Å²) in [5, 5.41) is 6.93. The maximum atomic E-state index is 13.2. The summed E-state index contributed by atoms with van der Waals surface area (Å²) in [6, 6.07) is 11.0. The Morgan fingerprint density at radius 1 is 0.895 bits per heavy atom. The smallest absolute Gasteiger partial charge is 0.322 e. The fraction of sp³-hybridized carbons (Fsp3) is 0.115. The van der Waals surface area contributed by atoms with Gasteiger partial charge in [0.25, 0.3) is 5.91 Å². The number of nitrogens with zero attached hydrogens (tertiary/aromatic N) is 4. The topological polar surface area (TPSA) is 64.2 Å². The summed E-state index contributed by atoms with van der Waals surface area (Å²) in [5.74, 6) is -1.11. The predicted molar refractivity (Wildman–Crippen MR) is 127 cm³/mol. The fourth-order valence-electron chi connectivity index (χ4n) is 3.98. The number of rotatable bonds is 4. The average Bonchev–Trinajstić information content (AvgIpc) is 3.46. The molecule has 0 spiro atoms. The molecule has 0 saturated heterocycles. The highest BCUT2D eigenvalue weighted by molar-refractivity contribution is 6.04. The maximum Gasteiger partial charge on any atom is 0.416 e. The lowest BCUT2D eigenvalue weighted by atomic mass is 10.0. The first-order valence-electron chi connectivity index (χ1n) is 11.1. The second kappa shape index (κ2) is 9.05. The zero-order chi connectivity index (χ0) is 27.2. The predicted octanol–water partition coefficient (Wildman–Crippen LogP) is 6.79. The number of pyridine rings is 1. The minimum atomic E-state index is -5.06. The highest BCUT2D eigenvalue weighted by atomic mass is 19.4. The van der Waals surface area contributed by atoms with E-state index in [-0.39, 0.29) is 11.8 Å². The molecule has 12 heteroatoms. The summed E-state index contributed by atoms with van der Waals surface area (Å²) < 4.78 is 82.7. The largest absolute Gasteiger partial charge is 0.416 e. The van der Waals surface area contributed by atoms with Crippen molar-refractivity contribution in [2.45, 2.75) is 19.3 Å². The van der Waals surface area contributed by atoms with Crippen LogP contribution >= 0.6 is 0 Å².